The van der Waals surface area contributed by atoms with Crippen molar-refractivity contribution in [3.8, 4) is 56.3 Å². The van der Waals surface area contributed by atoms with Crippen LogP contribution >= 0.6 is 0 Å². The van der Waals surface area contributed by atoms with Crippen LogP contribution in [0.3, 0.4) is 0 Å². The number of hydrogen-bond acceptors (Lipinski definition) is 2. The fraction of sp³-hybridized carbons (Fsp3) is 0.0526. The van der Waals surface area contributed by atoms with Gasteiger partial charge >= 0.3 is 21.1 Å². The van der Waals surface area contributed by atoms with Crippen molar-refractivity contribution >= 4 is 54.6 Å². The van der Waals surface area contributed by atoms with E-state index in [0.717, 1.165) is 94.4 Å². The maximum absolute atomic E-state index is 5.57. The van der Waals surface area contributed by atoms with Crippen LogP contribution in [0.15, 0.2) is 194 Å². The van der Waals surface area contributed by atoms with Crippen LogP contribution in [0.1, 0.15) is 25.3 Å². The minimum absolute atomic E-state index is 0. The smallest absolute Gasteiger partial charge is 0.656 e. The van der Waals surface area contributed by atoms with Crippen molar-refractivity contribution in [3.05, 3.63) is 206 Å². The van der Waals surface area contributed by atoms with Crippen LogP contribution in [-0.4, -0.2) is 19.1 Å². The number of fused-ring (bicyclic) bond motifs is 7. The van der Waals surface area contributed by atoms with Gasteiger partial charge in [0, 0.05) is 23.0 Å². The van der Waals surface area contributed by atoms with E-state index in [1.165, 1.54) is 22.1 Å². The fourth-order valence-corrected chi connectivity index (χ4v) is 9.41. The van der Waals surface area contributed by atoms with Gasteiger partial charge in [0.15, 0.2) is 0 Å². The van der Waals surface area contributed by atoms with E-state index in [-0.39, 0.29) is 27.0 Å². The van der Waals surface area contributed by atoms with Gasteiger partial charge in [-0.2, -0.15) is 0 Å². The third kappa shape index (κ3) is 6.34. The number of rotatable bonds is 7. The summed E-state index contributed by atoms with van der Waals surface area (Å²) in [5.41, 5.74) is 15.8. The van der Waals surface area contributed by atoms with Gasteiger partial charge in [0.1, 0.15) is 11.6 Å². The van der Waals surface area contributed by atoms with Crippen molar-refractivity contribution < 1.29 is 21.1 Å². The van der Waals surface area contributed by atoms with Crippen molar-refractivity contribution in [3.63, 3.8) is 0 Å². The molecule has 0 N–H and O–H groups in total. The first-order valence-electron chi connectivity index (χ1n) is 21.2. The third-order valence-electron chi connectivity index (χ3n) is 12.3. The number of imidazole rings is 1. The van der Waals surface area contributed by atoms with Crippen molar-refractivity contribution in [1.29, 1.82) is 0 Å². The molecule has 0 aliphatic carbocycles. The van der Waals surface area contributed by atoms with Gasteiger partial charge in [-0.05, 0) is 91.8 Å². The SMILES string of the molecule is CC(C)c1cc(-c2ccccc2)cc2c1c1ccc(-c3cccc4c3nc(-c3cccc5c3[n-]c3ccccc35)n4-c3ccccc3)[c-]c1n2-c1cc(-c2ccccc2)ccn1.[Pt+2]. The topological polar surface area (TPSA) is 49.7 Å². The zero-order valence-electron chi connectivity index (χ0n) is 34.6. The summed E-state index contributed by atoms with van der Waals surface area (Å²) < 4.78 is 4.60. The number of para-hydroxylation sites is 4. The summed E-state index contributed by atoms with van der Waals surface area (Å²) in [5, 5.41) is 4.63. The molecule has 0 radical (unpaired) electrons. The molecule has 0 aliphatic rings. The molecule has 0 saturated carbocycles. The van der Waals surface area contributed by atoms with Gasteiger partial charge in [-0.15, -0.1) is 34.8 Å². The second-order valence-electron chi connectivity index (χ2n) is 16.3. The predicted molar refractivity (Wildman–Crippen MR) is 256 cm³/mol. The van der Waals surface area contributed by atoms with Gasteiger partial charge in [0.25, 0.3) is 0 Å². The van der Waals surface area contributed by atoms with E-state index in [1.54, 1.807) is 0 Å². The number of aromatic nitrogens is 5. The average Bonchev–Trinajstić information content (AvgIpc) is 4.02. The number of pyridine rings is 1. The van der Waals surface area contributed by atoms with Gasteiger partial charge < -0.3 is 9.55 Å². The molecule has 5 nitrogen and oxygen atoms in total. The van der Waals surface area contributed by atoms with Crippen LogP contribution in [0.2, 0.25) is 0 Å². The molecule has 6 heteroatoms. The van der Waals surface area contributed by atoms with Gasteiger partial charge in [-0.3, -0.25) is 4.57 Å². The molecule has 12 rings (SSSR count). The molecule has 0 amide bonds. The monoisotopic (exact) mass is 988 g/mol. The summed E-state index contributed by atoms with van der Waals surface area (Å²) in [6.07, 6.45) is 1.92. The Balaban J connectivity index is 0.00000444. The molecule has 0 spiro atoms. The van der Waals surface area contributed by atoms with Crippen LogP contribution < -0.4 is 4.98 Å². The fourth-order valence-electron chi connectivity index (χ4n) is 9.41. The van der Waals surface area contributed by atoms with E-state index >= 15 is 0 Å². The van der Waals surface area contributed by atoms with Crippen molar-refractivity contribution in [1.82, 2.24) is 24.1 Å². The second kappa shape index (κ2) is 15.5. The summed E-state index contributed by atoms with van der Waals surface area (Å²) in [6, 6.07) is 70.5. The largest absolute Gasteiger partial charge is 2.00 e. The summed E-state index contributed by atoms with van der Waals surface area (Å²) in [5.74, 6) is 1.96. The Hall–Kier alpha value is -7.33. The van der Waals surface area contributed by atoms with Crippen LogP contribution in [-0.2, 0) is 21.1 Å². The molecule has 0 bridgehead atoms. The molecule has 12 aromatic rings. The van der Waals surface area contributed by atoms with E-state index < -0.39 is 0 Å². The Bertz CT molecular complexity index is 3660. The van der Waals surface area contributed by atoms with Crippen LogP contribution in [0.5, 0.6) is 0 Å². The molecule has 8 aromatic carbocycles. The number of benzene rings is 8. The zero-order chi connectivity index (χ0) is 41.3. The van der Waals surface area contributed by atoms with E-state index in [4.69, 9.17) is 15.0 Å². The maximum atomic E-state index is 5.57. The third-order valence-corrected chi connectivity index (χ3v) is 12.3. The van der Waals surface area contributed by atoms with Crippen LogP contribution in [0.25, 0.3) is 111 Å². The van der Waals surface area contributed by atoms with Crippen LogP contribution in [0, 0.1) is 6.07 Å². The number of nitrogens with zero attached hydrogens (tertiary/aromatic N) is 5. The molecule has 0 fully saturated rings. The van der Waals surface area contributed by atoms with Gasteiger partial charge in [-0.25, -0.2) is 9.97 Å². The Morgan fingerprint density at radius 3 is 2.00 bits per heavy atom. The summed E-state index contributed by atoms with van der Waals surface area (Å²) in [7, 11) is 0. The zero-order valence-corrected chi connectivity index (χ0v) is 36.9. The number of hydrogen-bond donors (Lipinski definition) is 0. The minimum atomic E-state index is 0. The first-order chi connectivity index (χ1) is 30.6. The molecule has 4 aromatic heterocycles. The van der Waals surface area contributed by atoms with Gasteiger partial charge in [-0.1, -0.05) is 164 Å². The quantitative estimate of drug-likeness (QED) is 0.150. The normalized spacial score (nSPS) is 11.7. The Morgan fingerprint density at radius 1 is 0.540 bits per heavy atom. The molecule has 0 aliphatic heterocycles. The Morgan fingerprint density at radius 2 is 1.22 bits per heavy atom. The van der Waals surface area contributed by atoms with Crippen LogP contribution in [0.4, 0.5) is 0 Å². The molecule has 4 heterocycles. The average molecular weight is 989 g/mol. The molecule has 0 unspecified atom stereocenters. The molecular formula is C57H39N5Pt. The standard InChI is InChI=1S/C57H39N5.Pt/c1-36(2)48-32-41(38-18-8-4-9-19-38)34-52-54(48)46-29-28-40(33-51(46)62(52)53-35-39(30-31-58-53)37-16-6-3-7-17-37)43-23-15-27-50-56(43)60-57(61(50)42-20-10-5-11-21-42)47-25-14-24-45-44-22-12-13-26-49(44)59-55(45)47;/h3-32,34-36H,1-2H3;/q-2;+2. The first-order valence-corrected chi connectivity index (χ1v) is 21.2. The van der Waals surface area contributed by atoms with Crippen molar-refractivity contribution in [2.24, 2.45) is 0 Å². The molecular weight excluding hydrogens is 950 g/mol. The second-order valence-corrected chi connectivity index (χ2v) is 16.3. The van der Waals surface area contributed by atoms with E-state index in [2.05, 4.69) is 211 Å². The molecule has 302 valence electrons. The maximum Gasteiger partial charge on any atom is 2.00 e. The molecule has 63 heavy (non-hydrogen) atoms. The van der Waals surface area contributed by atoms with E-state index in [1.807, 2.05) is 12.3 Å². The van der Waals surface area contributed by atoms with Crippen molar-refractivity contribution in [2.45, 2.75) is 19.8 Å². The summed E-state index contributed by atoms with van der Waals surface area (Å²) in [4.78, 5) is 15.8. The first kappa shape index (κ1) is 38.6. The minimum Gasteiger partial charge on any atom is -0.656 e. The Labute approximate surface area is 379 Å². The summed E-state index contributed by atoms with van der Waals surface area (Å²) in [6.45, 7) is 4.57. The van der Waals surface area contributed by atoms with Crippen molar-refractivity contribution in [2.75, 3.05) is 0 Å². The van der Waals surface area contributed by atoms with E-state index in [0.29, 0.717) is 0 Å². The van der Waals surface area contributed by atoms with Gasteiger partial charge in [0.2, 0.25) is 0 Å². The molecule has 0 saturated heterocycles. The van der Waals surface area contributed by atoms with Gasteiger partial charge in [0.05, 0.1) is 11.0 Å². The molecule has 0 atom stereocenters. The summed E-state index contributed by atoms with van der Waals surface area (Å²) >= 11 is 0. The Kier molecular flexibility index (Phi) is 9.52. The van der Waals surface area contributed by atoms with E-state index in [9.17, 15) is 0 Å². The predicted octanol–water partition coefficient (Wildman–Crippen LogP) is 14.4.